The molecule has 0 saturated carbocycles. The van der Waals surface area contributed by atoms with Crippen molar-refractivity contribution in [1.82, 2.24) is 15.5 Å². The molecule has 2 aromatic rings. The highest BCUT2D eigenvalue weighted by molar-refractivity contribution is 6.22. The average molecular weight is 486 g/mol. The zero-order valence-electron chi connectivity index (χ0n) is 19.9. The van der Waals surface area contributed by atoms with Gasteiger partial charge in [0.25, 0.3) is 5.91 Å². The number of benzene rings is 2. The predicted molar refractivity (Wildman–Crippen MR) is 139 cm³/mol. The minimum atomic E-state index is -0.129. The first kappa shape index (κ1) is 23.2. The molecule has 35 heavy (non-hydrogen) atoms. The molecule has 2 aromatic carbocycles. The second-order valence-corrected chi connectivity index (χ2v) is 9.85. The number of rotatable bonds is 6. The molecule has 6 heteroatoms. The smallest absolute Gasteiger partial charge is 0.258 e. The molecule has 2 amide bonds. The molecule has 3 aliphatic rings. The normalized spacial score (nSPS) is 19.2. The number of hydrogen-bond acceptors (Lipinski definition) is 3. The van der Waals surface area contributed by atoms with E-state index in [4.69, 9.17) is 11.6 Å². The topological polar surface area (TPSA) is 61.4 Å². The Hall–Kier alpha value is -3.57. The molecule has 1 unspecified atom stereocenters. The molecule has 2 N–H and O–H groups in total. The van der Waals surface area contributed by atoms with E-state index in [1.165, 1.54) is 5.56 Å². The number of nitrogens with zero attached hydrogens (tertiary/aromatic N) is 1. The second kappa shape index (κ2) is 9.59. The molecule has 5 rings (SSSR count). The van der Waals surface area contributed by atoms with Crippen LogP contribution in [-0.2, 0) is 16.1 Å². The third-order valence-corrected chi connectivity index (χ3v) is 6.90. The maximum Gasteiger partial charge on any atom is 0.258 e. The number of carbonyl (C=O) groups excluding carboxylic acids is 2. The van der Waals surface area contributed by atoms with Gasteiger partial charge in [-0.1, -0.05) is 77.9 Å². The minimum absolute atomic E-state index is 0.0625. The van der Waals surface area contributed by atoms with Crippen LogP contribution in [0.4, 0.5) is 0 Å². The van der Waals surface area contributed by atoms with Crippen LogP contribution in [0.15, 0.2) is 89.2 Å². The quantitative estimate of drug-likeness (QED) is 0.591. The number of fused-ring (bicyclic) bond motifs is 1. The van der Waals surface area contributed by atoms with Crippen molar-refractivity contribution in [2.45, 2.75) is 32.2 Å². The number of alkyl halides is 1. The Bertz CT molecular complexity index is 1300. The zero-order chi connectivity index (χ0) is 24.5. The highest BCUT2D eigenvalue weighted by Crippen LogP contribution is 2.41. The summed E-state index contributed by atoms with van der Waals surface area (Å²) in [4.78, 5) is 28.1. The lowest BCUT2D eigenvalue weighted by atomic mass is 9.98. The summed E-state index contributed by atoms with van der Waals surface area (Å²) >= 11 is 6.26. The van der Waals surface area contributed by atoms with Gasteiger partial charge in [0.1, 0.15) is 0 Å². The summed E-state index contributed by atoms with van der Waals surface area (Å²) in [6.45, 7) is 5.19. The van der Waals surface area contributed by atoms with E-state index < -0.39 is 0 Å². The standard InChI is InChI=1S/C29H28ClN3O2/c1-18-3-7-20(8-4-18)15-31-25(34)17-33-16-24-26(28(33)22-11-13-23(30)14-12-22)29(35)32-27(24)21-9-5-19(2)6-10-21/h3-13,23H,14-17H2,1-2H3,(H,31,34)(H,32,35). The molecule has 5 nitrogen and oxygen atoms in total. The van der Waals surface area contributed by atoms with Gasteiger partial charge in [0.05, 0.1) is 28.9 Å². The van der Waals surface area contributed by atoms with E-state index in [-0.39, 0.29) is 23.7 Å². The van der Waals surface area contributed by atoms with Crippen LogP contribution in [0.2, 0.25) is 0 Å². The van der Waals surface area contributed by atoms with Gasteiger partial charge in [-0.15, -0.1) is 11.6 Å². The van der Waals surface area contributed by atoms with Crippen molar-refractivity contribution in [2.24, 2.45) is 0 Å². The first-order valence-electron chi connectivity index (χ1n) is 11.8. The van der Waals surface area contributed by atoms with Gasteiger partial charge in [0.2, 0.25) is 5.91 Å². The molecular formula is C29H28ClN3O2. The van der Waals surface area contributed by atoms with Crippen molar-refractivity contribution in [3.05, 3.63) is 111 Å². The molecule has 178 valence electrons. The Morgan fingerprint density at radius 1 is 1.09 bits per heavy atom. The molecule has 0 aromatic heterocycles. The maximum absolute atomic E-state index is 13.2. The number of carbonyl (C=O) groups is 2. The summed E-state index contributed by atoms with van der Waals surface area (Å²) in [6, 6.07) is 16.2. The van der Waals surface area contributed by atoms with Gasteiger partial charge in [-0.05, 0) is 37.0 Å². The fourth-order valence-electron chi connectivity index (χ4n) is 4.68. The van der Waals surface area contributed by atoms with Crippen LogP contribution in [0, 0.1) is 13.8 Å². The molecule has 2 aliphatic heterocycles. The van der Waals surface area contributed by atoms with Crippen LogP contribution >= 0.6 is 11.6 Å². The number of halogens is 1. The van der Waals surface area contributed by atoms with E-state index in [2.05, 4.69) is 16.7 Å². The summed E-state index contributed by atoms with van der Waals surface area (Å²) in [7, 11) is 0. The fraction of sp³-hybridized carbons (Fsp3) is 0.241. The van der Waals surface area contributed by atoms with E-state index in [0.29, 0.717) is 25.1 Å². The molecule has 0 bridgehead atoms. The van der Waals surface area contributed by atoms with E-state index in [0.717, 1.165) is 39.2 Å². The Labute approximate surface area is 210 Å². The molecule has 0 fully saturated rings. The van der Waals surface area contributed by atoms with E-state index in [9.17, 15) is 9.59 Å². The minimum Gasteiger partial charge on any atom is -0.357 e. The van der Waals surface area contributed by atoms with E-state index in [1.54, 1.807) is 0 Å². The van der Waals surface area contributed by atoms with Crippen LogP contribution in [0.1, 0.15) is 28.7 Å². The van der Waals surface area contributed by atoms with Crippen molar-refractivity contribution in [3.63, 3.8) is 0 Å². The zero-order valence-corrected chi connectivity index (χ0v) is 20.7. The highest BCUT2D eigenvalue weighted by Gasteiger charge is 2.40. The highest BCUT2D eigenvalue weighted by atomic mass is 35.5. The van der Waals surface area contributed by atoms with Gasteiger partial charge in [-0.25, -0.2) is 0 Å². The lowest BCUT2D eigenvalue weighted by molar-refractivity contribution is -0.122. The summed E-state index contributed by atoms with van der Waals surface area (Å²) in [5.41, 5.74) is 8.49. The maximum atomic E-state index is 13.2. The lowest BCUT2D eigenvalue weighted by Gasteiger charge is -2.25. The van der Waals surface area contributed by atoms with E-state index in [1.807, 2.05) is 79.4 Å². The average Bonchev–Trinajstić information content (AvgIpc) is 3.37. The van der Waals surface area contributed by atoms with Gasteiger partial charge in [0, 0.05) is 18.7 Å². The summed E-state index contributed by atoms with van der Waals surface area (Å²) < 4.78 is 0. The van der Waals surface area contributed by atoms with E-state index >= 15 is 0 Å². The van der Waals surface area contributed by atoms with Crippen LogP contribution in [0.5, 0.6) is 0 Å². The predicted octanol–water partition coefficient (Wildman–Crippen LogP) is 4.52. The van der Waals surface area contributed by atoms with Crippen LogP contribution in [-0.4, -0.2) is 35.2 Å². The van der Waals surface area contributed by atoms with Crippen molar-refractivity contribution >= 4 is 29.1 Å². The van der Waals surface area contributed by atoms with Crippen molar-refractivity contribution in [1.29, 1.82) is 0 Å². The largest absolute Gasteiger partial charge is 0.357 e. The first-order valence-corrected chi connectivity index (χ1v) is 12.3. The molecule has 1 aliphatic carbocycles. The number of allylic oxidation sites excluding steroid dienone is 3. The molecule has 1 atom stereocenters. The van der Waals surface area contributed by atoms with Gasteiger partial charge in [-0.3, -0.25) is 9.59 Å². The summed E-state index contributed by atoms with van der Waals surface area (Å²) in [5, 5.41) is 6.03. The summed E-state index contributed by atoms with van der Waals surface area (Å²) in [5.74, 6) is -0.215. The third-order valence-electron chi connectivity index (χ3n) is 6.58. The fourth-order valence-corrected chi connectivity index (χ4v) is 4.85. The van der Waals surface area contributed by atoms with Gasteiger partial charge in [0.15, 0.2) is 0 Å². The Morgan fingerprint density at radius 2 is 1.77 bits per heavy atom. The van der Waals surface area contributed by atoms with Crippen LogP contribution in [0.3, 0.4) is 0 Å². The Morgan fingerprint density at radius 3 is 2.43 bits per heavy atom. The molecule has 0 saturated heterocycles. The number of hydrogen-bond donors (Lipinski definition) is 2. The molecule has 0 spiro atoms. The van der Waals surface area contributed by atoms with Crippen molar-refractivity contribution in [3.8, 4) is 0 Å². The monoisotopic (exact) mass is 485 g/mol. The first-order chi connectivity index (χ1) is 16.9. The molecule has 2 heterocycles. The molecular weight excluding hydrogens is 458 g/mol. The number of nitrogens with one attached hydrogen (secondary N) is 2. The van der Waals surface area contributed by atoms with Gasteiger partial charge >= 0.3 is 0 Å². The second-order valence-electron chi connectivity index (χ2n) is 9.29. The number of amides is 2. The van der Waals surface area contributed by atoms with Crippen molar-refractivity contribution < 1.29 is 9.59 Å². The Balaban J connectivity index is 1.44. The number of aryl methyl sites for hydroxylation is 2. The summed E-state index contributed by atoms with van der Waals surface area (Å²) in [6.07, 6.45) is 6.64. The molecule has 0 radical (unpaired) electrons. The Kier molecular flexibility index (Phi) is 6.35. The lowest BCUT2D eigenvalue weighted by Crippen LogP contribution is -2.36. The van der Waals surface area contributed by atoms with Crippen LogP contribution in [0.25, 0.3) is 5.70 Å². The van der Waals surface area contributed by atoms with Crippen LogP contribution < -0.4 is 10.6 Å². The van der Waals surface area contributed by atoms with Crippen molar-refractivity contribution in [2.75, 3.05) is 13.1 Å². The van der Waals surface area contributed by atoms with Gasteiger partial charge in [-0.2, -0.15) is 0 Å². The SMILES string of the molecule is Cc1ccc(CNC(=O)CN2CC3=C(c4ccc(C)cc4)NC(=O)C3=C2C2=CCC(Cl)C=C2)cc1. The third kappa shape index (κ3) is 4.82. The van der Waals surface area contributed by atoms with Gasteiger partial charge < -0.3 is 15.5 Å².